The lowest BCUT2D eigenvalue weighted by Crippen LogP contribution is -1.99. The molecule has 2 rings (SSSR count). The number of halogens is 1. The molecule has 0 fully saturated rings. The highest BCUT2D eigenvalue weighted by atomic mass is 32.2. The Morgan fingerprint density at radius 1 is 0.941 bits per heavy atom. The standard InChI is InChI=1S/C14H13FOS/c15-12-6-8-13(9-7-12)16-10-11-17-14-4-2-1-3-5-14/h1-9H,10-11H2. The molecule has 0 saturated heterocycles. The molecule has 3 heteroatoms. The number of hydrogen-bond donors (Lipinski definition) is 0. The Balaban J connectivity index is 1.71. The maximum atomic E-state index is 12.6. The summed E-state index contributed by atoms with van der Waals surface area (Å²) in [4.78, 5) is 1.23. The van der Waals surface area contributed by atoms with Crippen LogP contribution in [-0.2, 0) is 0 Å². The average molecular weight is 248 g/mol. The highest BCUT2D eigenvalue weighted by Crippen LogP contribution is 2.17. The van der Waals surface area contributed by atoms with Gasteiger partial charge in [-0.25, -0.2) is 4.39 Å². The van der Waals surface area contributed by atoms with Crippen molar-refractivity contribution in [1.82, 2.24) is 0 Å². The van der Waals surface area contributed by atoms with Crippen LogP contribution in [0.15, 0.2) is 59.5 Å². The van der Waals surface area contributed by atoms with Crippen molar-refractivity contribution in [2.24, 2.45) is 0 Å². The Bertz CT molecular complexity index is 442. The summed E-state index contributed by atoms with van der Waals surface area (Å²) < 4.78 is 18.1. The van der Waals surface area contributed by atoms with E-state index < -0.39 is 0 Å². The van der Waals surface area contributed by atoms with E-state index in [1.165, 1.54) is 17.0 Å². The molecule has 0 aromatic heterocycles. The van der Waals surface area contributed by atoms with Crippen LogP contribution in [0.1, 0.15) is 0 Å². The third-order valence-electron chi connectivity index (χ3n) is 2.18. The fourth-order valence-corrected chi connectivity index (χ4v) is 2.12. The van der Waals surface area contributed by atoms with Crippen molar-refractivity contribution in [3.8, 4) is 5.75 Å². The van der Waals surface area contributed by atoms with Gasteiger partial charge in [-0.15, -0.1) is 11.8 Å². The maximum absolute atomic E-state index is 12.6. The Labute approximate surface area is 105 Å². The largest absolute Gasteiger partial charge is 0.493 e. The number of thioether (sulfide) groups is 1. The molecular formula is C14H13FOS. The van der Waals surface area contributed by atoms with Crippen molar-refractivity contribution in [2.75, 3.05) is 12.4 Å². The van der Waals surface area contributed by atoms with Crippen LogP contribution < -0.4 is 4.74 Å². The smallest absolute Gasteiger partial charge is 0.123 e. The van der Waals surface area contributed by atoms with E-state index in [1.54, 1.807) is 23.9 Å². The lowest BCUT2D eigenvalue weighted by Gasteiger charge is -2.05. The van der Waals surface area contributed by atoms with Crippen molar-refractivity contribution in [1.29, 1.82) is 0 Å². The van der Waals surface area contributed by atoms with Crippen LogP contribution in [0.4, 0.5) is 4.39 Å². The van der Waals surface area contributed by atoms with Crippen LogP contribution in [0, 0.1) is 5.82 Å². The van der Waals surface area contributed by atoms with Crippen molar-refractivity contribution >= 4 is 11.8 Å². The summed E-state index contributed by atoms with van der Waals surface area (Å²) in [6, 6.07) is 16.3. The van der Waals surface area contributed by atoms with Crippen LogP contribution in [-0.4, -0.2) is 12.4 Å². The molecule has 2 aromatic carbocycles. The quantitative estimate of drug-likeness (QED) is 0.584. The van der Waals surface area contributed by atoms with Gasteiger partial charge in [-0.3, -0.25) is 0 Å². The van der Waals surface area contributed by atoms with E-state index in [0.29, 0.717) is 12.4 Å². The molecule has 17 heavy (non-hydrogen) atoms. The summed E-state index contributed by atoms with van der Waals surface area (Å²) in [5.41, 5.74) is 0. The Morgan fingerprint density at radius 3 is 2.35 bits per heavy atom. The first-order chi connectivity index (χ1) is 8.34. The van der Waals surface area contributed by atoms with Gasteiger partial charge in [-0.1, -0.05) is 18.2 Å². The topological polar surface area (TPSA) is 9.23 Å². The van der Waals surface area contributed by atoms with Crippen LogP contribution in [0.3, 0.4) is 0 Å². The van der Waals surface area contributed by atoms with Crippen LogP contribution in [0.2, 0.25) is 0 Å². The molecule has 2 aromatic rings. The zero-order chi connectivity index (χ0) is 11.9. The summed E-state index contributed by atoms with van der Waals surface area (Å²) in [5, 5.41) is 0. The van der Waals surface area contributed by atoms with Crippen LogP contribution >= 0.6 is 11.8 Å². The molecule has 0 aliphatic rings. The molecule has 0 atom stereocenters. The second kappa shape index (κ2) is 6.30. The van der Waals surface area contributed by atoms with E-state index >= 15 is 0 Å². The predicted molar refractivity (Wildman–Crippen MR) is 69.1 cm³/mol. The van der Waals surface area contributed by atoms with Gasteiger partial charge in [0.15, 0.2) is 0 Å². The normalized spacial score (nSPS) is 10.2. The first-order valence-electron chi connectivity index (χ1n) is 5.41. The molecule has 0 N–H and O–H groups in total. The summed E-state index contributed by atoms with van der Waals surface area (Å²) in [5.74, 6) is 1.34. The molecule has 0 unspecified atom stereocenters. The lowest BCUT2D eigenvalue weighted by atomic mass is 10.3. The molecule has 0 saturated carbocycles. The van der Waals surface area contributed by atoms with Crippen LogP contribution in [0.5, 0.6) is 5.75 Å². The van der Waals surface area contributed by atoms with Gasteiger partial charge < -0.3 is 4.74 Å². The van der Waals surface area contributed by atoms with Crippen molar-refractivity contribution in [3.05, 3.63) is 60.4 Å². The summed E-state index contributed by atoms with van der Waals surface area (Å²) in [7, 11) is 0. The van der Waals surface area contributed by atoms with Crippen molar-refractivity contribution < 1.29 is 9.13 Å². The second-order valence-corrected chi connectivity index (χ2v) is 4.63. The zero-order valence-corrected chi connectivity index (χ0v) is 10.1. The average Bonchev–Trinajstić information content (AvgIpc) is 2.38. The summed E-state index contributed by atoms with van der Waals surface area (Å²) in [6.07, 6.45) is 0. The molecule has 0 bridgehead atoms. The number of hydrogen-bond acceptors (Lipinski definition) is 2. The molecule has 0 heterocycles. The Morgan fingerprint density at radius 2 is 1.65 bits per heavy atom. The minimum absolute atomic E-state index is 0.240. The molecule has 0 aliphatic carbocycles. The minimum atomic E-state index is -0.240. The van der Waals surface area contributed by atoms with E-state index in [1.807, 2.05) is 18.2 Å². The fraction of sp³-hybridized carbons (Fsp3) is 0.143. The molecule has 0 spiro atoms. The maximum Gasteiger partial charge on any atom is 0.123 e. The van der Waals surface area contributed by atoms with E-state index in [4.69, 9.17) is 4.74 Å². The predicted octanol–water partition coefficient (Wildman–Crippen LogP) is 4.00. The van der Waals surface area contributed by atoms with Crippen molar-refractivity contribution in [3.63, 3.8) is 0 Å². The molecule has 88 valence electrons. The van der Waals surface area contributed by atoms with Gasteiger partial charge in [0.1, 0.15) is 11.6 Å². The number of rotatable bonds is 5. The molecule has 0 aliphatic heterocycles. The lowest BCUT2D eigenvalue weighted by molar-refractivity contribution is 0.343. The van der Waals surface area contributed by atoms with Gasteiger partial charge >= 0.3 is 0 Å². The monoisotopic (exact) mass is 248 g/mol. The van der Waals surface area contributed by atoms with Gasteiger partial charge in [0.25, 0.3) is 0 Å². The van der Waals surface area contributed by atoms with E-state index in [9.17, 15) is 4.39 Å². The third-order valence-corrected chi connectivity index (χ3v) is 3.15. The van der Waals surface area contributed by atoms with Gasteiger partial charge in [0.2, 0.25) is 0 Å². The molecule has 0 radical (unpaired) electrons. The number of ether oxygens (including phenoxy) is 1. The summed E-state index contributed by atoms with van der Waals surface area (Å²) >= 11 is 1.74. The molecule has 1 nitrogen and oxygen atoms in total. The highest BCUT2D eigenvalue weighted by Gasteiger charge is 1.96. The summed E-state index contributed by atoms with van der Waals surface area (Å²) in [6.45, 7) is 0.616. The molecule has 0 amide bonds. The van der Waals surface area contributed by atoms with E-state index in [2.05, 4.69) is 12.1 Å². The van der Waals surface area contributed by atoms with Crippen LogP contribution in [0.25, 0.3) is 0 Å². The first kappa shape index (κ1) is 12.0. The van der Waals surface area contributed by atoms with Gasteiger partial charge in [0.05, 0.1) is 6.61 Å². The van der Waals surface area contributed by atoms with E-state index in [-0.39, 0.29) is 5.82 Å². The Kier molecular flexibility index (Phi) is 4.45. The molecular weight excluding hydrogens is 235 g/mol. The Hall–Kier alpha value is -1.48. The van der Waals surface area contributed by atoms with E-state index in [0.717, 1.165) is 5.75 Å². The first-order valence-corrected chi connectivity index (χ1v) is 6.39. The minimum Gasteiger partial charge on any atom is -0.493 e. The second-order valence-electron chi connectivity index (χ2n) is 3.46. The highest BCUT2D eigenvalue weighted by molar-refractivity contribution is 7.99. The van der Waals surface area contributed by atoms with Gasteiger partial charge in [0, 0.05) is 10.6 Å². The fourth-order valence-electron chi connectivity index (χ4n) is 1.37. The third kappa shape index (κ3) is 4.11. The van der Waals surface area contributed by atoms with Gasteiger partial charge in [-0.2, -0.15) is 0 Å². The van der Waals surface area contributed by atoms with Gasteiger partial charge in [-0.05, 0) is 36.4 Å². The number of benzene rings is 2. The zero-order valence-electron chi connectivity index (χ0n) is 9.30. The van der Waals surface area contributed by atoms with Crippen molar-refractivity contribution in [2.45, 2.75) is 4.90 Å². The SMILES string of the molecule is Fc1ccc(OCCSc2ccccc2)cc1.